The summed E-state index contributed by atoms with van der Waals surface area (Å²) in [5.41, 5.74) is 0.686. The summed E-state index contributed by atoms with van der Waals surface area (Å²) in [4.78, 5) is 11.4. The molecule has 1 saturated carbocycles. The molecule has 3 atom stereocenters. The number of carbonyl (C=O) groups is 1. The van der Waals surface area contributed by atoms with E-state index in [0.717, 1.165) is 19.3 Å². The monoisotopic (exact) mass is 210 g/mol. The van der Waals surface area contributed by atoms with Gasteiger partial charge < -0.3 is 9.47 Å². The van der Waals surface area contributed by atoms with Gasteiger partial charge in [0.1, 0.15) is 0 Å². The Morgan fingerprint density at radius 2 is 2.27 bits per heavy atom. The van der Waals surface area contributed by atoms with Crippen molar-refractivity contribution >= 4 is 5.97 Å². The quantitative estimate of drug-likeness (QED) is 0.406. The largest absolute Gasteiger partial charge is 0.462 e. The fourth-order valence-electron chi connectivity index (χ4n) is 2.06. The summed E-state index contributed by atoms with van der Waals surface area (Å²) in [5, 5.41) is 0. The lowest BCUT2D eigenvalue weighted by molar-refractivity contribution is -0.140. The number of allylic oxidation sites excluding steroid dienone is 1. The van der Waals surface area contributed by atoms with Gasteiger partial charge in [-0.2, -0.15) is 0 Å². The Balaban J connectivity index is 1.71. The van der Waals surface area contributed by atoms with E-state index in [2.05, 4.69) is 0 Å². The lowest BCUT2D eigenvalue weighted by Gasteiger charge is -2.18. The highest BCUT2D eigenvalue weighted by atomic mass is 16.6. The number of ether oxygens (including phenoxy) is 2. The molecule has 2 aliphatic rings. The summed E-state index contributed by atoms with van der Waals surface area (Å²) in [7, 11) is 0. The molecule has 2 fully saturated rings. The maximum atomic E-state index is 11.4. The molecule has 0 bridgehead atoms. The molecular formula is C12H18O3. The molecule has 0 amide bonds. The average molecular weight is 210 g/mol. The summed E-state index contributed by atoms with van der Waals surface area (Å²) in [6, 6.07) is 0. The Morgan fingerprint density at radius 3 is 2.93 bits per heavy atom. The topological polar surface area (TPSA) is 38.8 Å². The van der Waals surface area contributed by atoms with Crippen molar-refractivity contribution in [1.29, 1.82) is 0 Å². The highest BCUT2D eigenvalue weighted by molar-refractivity contribution is 5.87. The molecule has 0 radical (unpaired) electrons. The van der Waals surface area contributed by atoms with Crippen LogP contribution in [0.2, 0.25) is 0 Å². The van der Waals surface area contributed by atoms with Crippen LogP contribution in [-0.2, 0) is 14.3 Å². The minimum absolute atomic E-state index is 0.184. The molecule has 3 nitrogen and oxygen atoms in total. The van der Waals surface area contributed by atoms with Crippen LogP contribution in [0.15, 0.2) is 11.6 Å². The predicted octanol–water partition coefficient (Wildman–Crippen LogP) is 2.06. The Labute approximate surface area is 90.4 Å². The van der Waals surface area contributed by atoms with Crippen molar-refractivity contribution in [3.63, 3.8) is 0 Å². The molecule has 0 spiro atoms. The van der Waals surface area contributed by atoms with Crippen molar-refractivity contribution in [3.05, 3.63) is 11.6 Å². The fourth-order valence-corrected chi connectivity index (χ4v) is 2.06. The molecule has 2 rings (SSSR count). The van der Waals surface area contributed by atoms with Gasteiger partial charge in [0.25, 0.3) is 0 Å². The molecule has 0 aromatic carbocycles. The third kappa shape index (κ3) is 2.59. The van der Waals surface area contributed by atoms with Crippen LogP contribution in [0.3, 0.4) is 0 Å². The Bertz CT molecular complexity index is 283. The third-order valence-corrected chi connectivity index (χ3v) is 3.32. The Kier molecular flexibility index (Phi) is 3.10. The normalized spacial score (nSPS) is 34.5. The van der Waals surface area contributed by atoms with Gasteiger partial charge in [-0.05, 0) is 39.0 Å². The van der Waals surface area contributed by atoms with Crippen molar-refractivity contribution in [1.82, 2.24) is 0 Å². The van der Waals surface area contributed by atoms with Gasteiger partial charge >= 0.3 is 5.97 Å². The fraction of sp³-hybridized carbons (Fsp3) is 0.750. The second-order valence-electron chi connectivity index (χ2n) is 4.46. The van der Waals surface area contributed by atoms with Crippen molar-refractivity contribution in [2.45, 2.75) is 45.3 Å². The van der Waals surface area contributed by atoms with E-state index in [1.807, 2.05) is 6.92 Å². The van der Waals surface area contributed by atoms with Crippen LogP contribution in [-0.4, -0.2) is 24.8 Å². The van der Waals surface area contributed by atoms with Crippen LogP contribution in [0.25, 0.3) is 0 Å². The van der Waals surface area contributed by atoms with Crippen LogP contribution in [0.4, 0.5) is 0 Å². The van der Waals surface area contributed by atoms with Gasteiger partial charge in [-0.25, -0.2) is 4.79 Å². The first-order chi connectivity index (χ1) is 7.20. The molecule has 1 aliphatic heterocycles. The molecule has 0 aromatic rings. The second kappa shape index (κ2) is 4.35. The van der Waals surface area contributed by atoms with Gasteiger partial charge in [0.15, 0.2) is 0 Å². The highest BCUT2D eigenvalue weighted by Gasteiger charge is 2.43. The SMILES string of the molecule is CC=C(C)C(=O)OCC1CCC2OC2C1. The van der Waals surface area contributed by atoms with E-state index in [1.165, 1.54) is 0 Å². The van der Waals surface area contributed by atoms with E-state index in [-0.39, 0.29) is 5.97 Å². The van der Waals surface area contributed by atoms with Gasteiger partial charge in [-0.3, -0.25) is 0 Å². The van der Waals surface area contributed by atoms with E-state index < -0.39 is 0 Å². The van der Waals surface area contributed by atoms with E-state index in [9.17, 15) is 4.79 Å². The first kappa shape index (κ1) is 10.7. The molecule has 3 unspecified atom stereocenters. The van der Waals surface area contributed by atoms with Gasteiger partial charge in [0.2, 0.25) is 0 Å². The minimum Gasteiger partial charge on any atom is -0.462 e. The maximum absolute atomic E-state index is 11.4. The highest BCUT2D eigenvalue weighted by Crippen LogP contribution is 2.39. The molecule has 84 valence electrons. The van der Waals surface area contributed by atoms with E-state index in [4.69, 9.17) is 9.47 Å². The Morgan fingerprint density at radius 1 is 1.47 bits per heavy atom. The molecule has 0 N–H and O–H groups in total. The summed E-state index contributed by atoms with van der Waals surface area (Å²) in [6.07, 6.45) is 6.09. The standard InChI is InChI=1S/C12H18O3/c1-3-8(2)12(13)14-7-9-4-5-10-11(6-9)15-10/h3,9-11H,4-7H2,1-2H3. The molecule has 1 heterocycles. The predicted molar refractivity (Wildman–Crippen MR) is 56.4 cm³/mol. The third-order valence-electron chi connectivity index (χ3n) is 3.32. The lowest BCUT2D eigenvalue weighted by atomic mass is 9.90. The number of esters is 1. The minimum atomic E-state index is -0.184. The number of carbonyl (C=O) groups excluding carboxylic acids is 1. The number of hydrogen-bond acceptors (Lipinski definition) is 3. The van der Waals surface area contributed by atoms with Crippen LogP contribution in [0.1, 0.15) is 33.1 Å². The number of epoxide rings is 1. The van der Waals surface area contributed by atoms with Crippen molar-refractivity contribution in [3.8, 4) is 0 Å². The van der Waals surface area contributed by atoms with Crippen molar-refractivity contribution < 1.29 is 14.3 Å². The number of rotatable bonds is 3. The number of fused-ring (bicyclic) bond motifs is 1. The summed E-state index contributed by atoms with van der Waals surface area (Å²) in [5.74, 6) is 0.318. The van der Waals surface area contributed by atoms with Crippen LogP contribution in [0, 0.1) is 5.92 Å². The lowest BCUT2D eigenvalue weighted by Crippen LogP contribution is -2.20. The summed E-state index contributed by atoms with van der Waals surface area (Å²) < 4.78 is 10.7. The van der Waals surface area contributed by atoms with E-state index in [1.54, 1.807) is 13.0 Å². The molecular weight excluding hydrogens is 192 g/mol. The summed E-state index contributed by atoms with van der Waals surface area (Å²) in [6.45, 7) is 4.18. The summed E-state index contributed by atoms with van der Waals surface area (Å²) >= 11 is 0. The van der Waals surface area contributed by atoms with Gasteiger partial charge in [0.05, 0.1) is 18.8 Å². The zero-order valence-corrected chi connectivity index (χ0v) is 9.36. The first-order valence-electron chi connectivity index (χ1n) is 5.66. The van der Waals surface area contributed by atoms with Crippen LogP contribution < -0.4 is 0 Å². The van der Waals surface area contributed by atoms with Gasteiger partial charge in [0, 0.05) is 5.57 Å². The van der Waals surface area contributed by atoms with Crippen molar-refractivity contribution in [2.24, 2.45) is 5.92 Å². The molecule has 15 heavy (non-hydrogen) atoms. The molecule has 0 aromatic heterocycles. The van der Waals surface area contributed by atoms with E-state index >= 15 is 0 Å². The molecule has 3 heteroatoms. The zero-order valence-electron chi connectivity index (χ0n) is 9.36. The second-order valence-corrected chi connectivity index (χ2v) is 4.46. The molecule has 1 aliphatic carbocycles. The maximum Gasteiger partial charge on any atom is 0.333 e. The Hall–Kier alpha value is -0.830. The van der Waals surface area contributed by atoms with Crippen LogP contribution >= 0.6 is 0 Å². The van der Waals surface area contributed by atoms with E-state index in [0.29, 0.717) is 30.3 Å². The van der Waals surface area contributed by atoms with Gasteiger partial charge in [-0.1, -0.05) is 6.08 Å². The van der Waals surface area contributed by atoms with Crippen molar-refractivity contribution in [2.75, 3.05) is 6.61 Å². The molecule has 1 saturated heterocycles. The smallest absolute Gasteiger partial charge is 0.333 e. The average Bonchev–Trinajstić information content (AvgIpc) is 3.02. The first-order valence-corrected chi connectivity index (χ1v) is 5.66. The van der Waals surface area contributed by atoms with Gasteiger partial charge in [-0.15, -0.1) is 0 Å². The zero-order chi connectivity index (χ0) is 10.8. The van der Waals surface area contributed by atoms with Crippen LogP contribution in [0.5, 0.6) is 0 Å². The number of hydrogen-bond donors (Lipinski definition) is 0.